The molecular weight excluding hydrogens is 254 g/mol. The van der Waals surface area contributed by atoms with Crippen LogP contribution in [-0.2, 0) is 14.2 Å². The van der Waals surface area contributed by atoms with E-state index in [9.17, 15) is 0 Å². The first-order valence-electron chi connectivity index (χ1n) is 8.25. The van der Waals surface area contributed by atoms with Crippen LogP contribution in [0.15, 0.2) is 0 Å². The lowest BCUT2D eigenvalue weighted by atomic mass is 9.55. The van der Waals surface area contributed by atoms with Crippen molar-refractivity contribution in [2.24, 2.45) is 5.41 Å². The number of hydrogen-bond donors (Lipinski definition) is 1. The Bertz CT molecular complexity index is 266. The summed E-state index contributed by atoms with van der Waals surface area (Å²) in [6.07, 6.45) is 8.46. The van der Waals surface area contributed by atoms with Gasteiger partial charge in [-0.3, -0.25) is 0 Å². The number of ether oxygens (including phenoxy) is 3. The molecule has 1 N–H and O–H groups in total. The highest BCUT2D eigenvalue weighted by atomic mass is 16.5. The van der Waals surface area contributed by atoms with Crippen LogP contribution in [0, 0.1) is 5.41 Å². The Morgan fingerprint density at radius 3 is 2.60 bits per heavy atom. The molecule has 4 nitrogen and oxygen atoms in total. The van der Waals surface area contributed by atoms with Crippen molar-refractivity contribution in [2.75, 3.05) is 40.1 Å². The molecule has 2 rings (SSSR count). The Morgan fingerprint density at radius 1 is 1.10 bits per heavy atom. The molecule has 2 aliphatic carbocycles. The van der Waals surface area contributed by atoms with Crippen molar-refractivity contribution in [3.63, 3.8) is 0 Å². The molecule has 0 bridgehead atoms. The average Bonchev–Trinajstić information content (AvgIpc) is 2.49. The fraction of sp³-hybridized carbons (Fsp3) is 1.00. The molecule has 118 valence electrons. The van der Waals surface area contributed by atoms with E-state index in [2.05, 4.69) is 12.2 Å². The van der Waals surface area contributed by atoms with Gasteiger partial charge in [-0.05, 0) is 26.2 Å². The molecule has 0 aromatic rings. The van der Waals surface area contributed by atoms with Gasteiger partial charge in [0.05, 0.1) is 25.9 Å². The van der Waals surface area contributed by atoms with Gasteiger partial charge in [0.1, 0.15) is 0 Å². The van der Waals surface area contributed by atoms with E-state index in [-0.39, 0.29) is 0 Å². The quantitative estimate of drug-likeness (QED) is 0.660. The summed E-state index contributed by atoms with van der Waals surface area (Å²) in [4.78, 5) is 0. The normalized spacial score (nSPS) is 28.5. The smallest absolute Gasteiger partial charge is 0.0700 e. The Kier molecular flexibility index (Phi) is 6.75. The van der Waals surface area contributed by atoms with Crippen LogP contribution in [0.4, 0.5) is 0 Å². The van der Waals surface area contributed by atoms with Crippen LogP contribution >= 0.6 is 0 Å². The van der Waals surface area contributed by atoms with E-state index in [1.807, 2.05) is 0 Å². The SMILES string of the molecule is CCOC1CC(NCCOCCOC)C12CCCCC2. The molecule has 4 heteroatoms. The van der Waals surface area contributed by atoms with E-state index in [0.29, 0.717) is 30.8 Å². The monoisotopic (exact) mass is 285 g/mol. The van der Waals surface area contributed by atoms with E-state index in [1.165, 1.54) is 38.5 Å². The summed E-state index contributed by atoms with van der Waals surface area (Å²) >= 11 is 0. The zero-order chi connectivity index (χ0) is 14.3. The zero-order valence-electron chi connectivity index (χ0n) is 13.2. The highest BCUT2D eigenvalue weighted by molar-refractivity contribution is 5.08. The average molecular weight is 285 g/mol. The van der Waals surface area contributed by atoms with Crippen molar-refractivity contribution in [3.8, 4) is 0 Å². The Labute approximate surface area is 123 Å². The van der Waals surface area contributed by atoms with E-state index in [0.717, 1.165) is 19.8 Å². The van der Waals surface area contributed by atoms with Crippen molar-refractivity contribution in [1.29, 1.82) is 0 Å². The molecule has 20 heavy (non-hydrogen) atoms. The molecule has 2 aliphatic rings. The molecule has 2 fully saturated rings. The third-order valence-electron chi connectivity index (χ3n) is 5.01. The predicted octanol–water partition coefficient (Wildman–Crippen LogP) is 2.37. The molecule has 0 saturated heterocycles. The number of nitrogens with one attached hydrogen (secondary N) is 1. The maximum atomic E-state index is 5.97. The fourth-order valence-electron chi connectivity index (χ4n) is 3.90. The lowest BCUT2D eigenvalue weighted by Crippen LogP contribution is -2.64. The van der Waals surface area contributed by atoms with Crippen LogP contribution in [0.5, 0.6) is 0 Å². The number of methoxy groups -OCH3 is 1. The lowest BCUT2D eigenvalue weighted by Gasteiger charge is -2.58. The maximum Gasteiger partial charge on any atom is 0.0700 e. The zero-order valence-corrected chi connectivity index (χ0v) is 13.2. The lowest BCUT2D eigenvalue weighted by molar-refractivity contribution is -0.150. The Hall–Kier alpha value is -0.160. The molecule has 1 spiro atoms. The summed E-state index contributed by atoms with van der Waals surface area (Å²) < 4.78 is 16.5. The molecule has 0 aromatic heterocycles. The second-order valence-corrected chi connectivity index (χ2v) is 6.09. The highest BCUT2D eigenvalue weighted by Gasteiger charge is 2.55. The van der Waals surface area contributed by atoms with Gasteiger partial charge in [-0.1, -0.05) is 19.3 Å². The molecule has 2 saturated carbocycles. The van der Waals surface area contributed by atoms with E-state index < -0.39 is 0 Å². The van der Waals surface area contributed by atoms with E-state index >= 15 is 0 Å². The molecule has 0 heterocycles. The molecular formula is C16H31NO3. The van der Waals surface area contributed by atoms with Gasteiger partial charge in [-0.2, -0.15) is 0 Å². The summed E-state index contributed by atoms with van der Waals surface area (Å²) in [5, 5.41) is 3.70. The van der Waals surface area contributed by atoms with Gasteiger partial charge in [0.15, 0.2) is 0 Å². The van der Waals surface area contributed by atoms with Gasteiger partial charge in [-0.15, -0.1) is 0 Å². The minimum absolute atomic E-state index is 0.417. The fourth-order valence-corrected chi connectivity index (χ4v) is 3.90. The standard InChI is InChI=1S/C16H31NO3/c1-3-20-15-13-14(16(15)7-5-4-6-8-16)17-9-10-19-12-11-18-2/h14-15,17H,3-13H2,1-2H3. The van der Waals surface area contributed by atoms with E-state index in [4.69, 9.17) is 14.2 Å². The maximum absolute atomic E-state index is 5.97. The van der Waals surface area contributed by atoms with E-state index in [1.54, 1.807) is 7.11 Å². The van der Waals surface area contributed by atoms with Crippen LogP contribution < -0.4 is 5.32 Å². The molecule has 0 radical (unpaired) electrons. The minimum atomic E-state index is 0.417. The summed E-state index contributed by atoms with van der Waals surface area (Å²) in [7, 11) is 1.71. The van der Waals surface area contributed by atoms with Crippen LogP contribution in [0.25, 0.3) is 0 Å². The summed E-state index contributed by atoms with van der Waals surface area (Å²) in [6.45, 7) is 6.04. The summed E-state index contributed by atoms with van der Waals surface area (Å²) in [6, 6.07) is 0.630. The second-order valence-electron chi connectivity index (χ2n) is 6.09. The minimum Gasteiger partial charge on any atom is -0.382 e. The first-order chi connectivity index (χ1) is 9.83. The molecule has 2 unspecified atom stereocenters. The molecule has 0 aliphatic heterocycles. The predicted molar refractivity (Wildman–Crippen MR) is 80.0 cm³/mol. The van der Waals surface area contributed by atoms with Gasteiger partial charge in [0.25, 0.3) is 0 Å². The van der Waals surface area contributed by atoms with Crippen LogP contribution in [0.3, 0.4) is 0 Å². The molecule has 0 aromatic carbocycles. The second kappa shape index (κ2) is 8.32. The van der Waals surface area contributed by atoms with Crippen molar-refractivity contribution in [2.45, 2.75) is 57.6 Å². The third-order valence-corrected chi connectivity index (χ3v) is 5.01. The van der Waals surface area contributed by atoms with Crippen LogP contribution in [0.1, 0.15) is 45.4 Å². The Morgan fingerprint density at radius 2 is 1.90 bits per heavy atom. The first-order valence-corrected chi connectivity index (χ1v) is 8.25. The topological polar surface area (TPSA) is 39.7 Å². The Balaban J connectivity index is 1.71. The first kappa shape index (κ1) is 16.2. The van der Waals surface area contributed by atoms with Gasteiger partial charge >= 0.3 is 0 Å². The van der Waals surface area contributed by atoms with Gasteiger partial charge in [-0.25, -0.2) is 0 Å². The van der Waals surface area contributed by atoms with Gasteiger partial charge < -0.3 is 19.5 Å². The van der Waals surface area contributed by atoms with Crippen LogP contribution in [-0.4, -0.2) is 52.2 Å². The van der Waals surface area contributed by atoms with Gasteiger partial charge in [0, 0.05) is 31.7 Å². The summed E-state index contributed by atoms with van der Waals surface area (Å²) in [5.41, 5.74) is 0.417. The third kappa shape index (κ3) is 3.73. The largest absolute Gasteiger partial charge is 0.382 e. The van der Waals surface area contributed by atoms with Crippen LogP contribution in [0.2, 0.25) is 0 Å². The number of rotatable bonds is 9. The summed E-state index contributed by atoms with van der Waals surface area (Å²) in [5.74, 6) is 0. The van der Waals surface area contributed by atoms with Crippen molar-refractivity contribution in [3.05, 3.63) is 0 Å². The number of hydrogen-bond acceptors (Lipinski definition) is 4. The molecule has 0 amide bonds. The van der Waals surface area contributed by atoms with Gasteiger partial charge in [0.2, 0.25) is 0 Å². The van der Waals surface area contributed by atoms with Crippen molar-refractivity contribution in [1.82, 2.24) is 5.32 Å². The van der Waals surface area contributed by atoms with Crippen molar-refractivity contribution < 1.29 is 14.2 Å². The highest BCUT2D eigenvalue weighted by Crippen LogP contribution is 2.53. The molecule has 2 atom stereocenters. The van der Waals surface area contributed by atoms with Crippen molar-refractivity contribution >= 4 is 0 Å².